The van der Waals surface area contributed by atoms with E-state index in [4.69, 9.17) is 23.2 Å². The van der Waals surface area contributed by atoms with Gasteiger partial charge < -0.3 is 5.32 Å². The van der Waals surface area contributed by atoms with Crippen LogP contribution in [0.25, 0.3) is 0 Å². The summed E-state index contributed by atoms with van der Waals surface area (Å²) in [6, 6.07) is 12.2. The number of hydrogen-bond acceptors (Lipinski definition) is 3. The van der Waals surface area contributed by atoms with E-state index in [2.05, 4.69) is 5.32 Å². The quantitative estimate of drug-likeness (QED) is 0.769. The zero-order valence-electron chi connectivity index (χ0n) is 13.8. The molecule has 0 saturated heterocycles. The summed E-state index contributed by atoms with van der Waals surface area (Å²) < 4.78 is 0. The van der Waals surface area contributed by atoms with Crippen molar-refractivity contribution >= 4 is 40.9 Å². The average Bonchev–Trinajstić information content (AvgIpc) is 2.87. The molecule has 5 nitrogen and oxygen atoms in total. The van der Waals surface area contributed by atoms with Crippen molar-refractivity contribution in [1.29, 1.82) is 0 Å². The van der Waals surface area contributed by atoms with Crippen molar-refractivity contribution in [1.82, 2.24) is 10.2 Å². The molecule has 26 heavy (non-hydrogen) atoms. The molecule has 2 aromatic rings. The van der Waals surface area contributed by atoms with Gasteiger partial charge in [0.05, 0.1) is 16.1 Å². The molecule has 1 heterocycles. The van der Waals surface area contributed by atoms with Crippen LogP contribution in [0.1, 0.15) is 32.7 Å². The molecule has 2 aromatic carbocycles. The highest BCUT2D eigenvalue weighted by atomic mass is 35.5. The van der Waals surface area contributed by atoms with E-state index < -0.39 is 11.8 Å². The highest BCUT2D eigenvalue weighted by Gasteiger charge is 2.36. The first-order valence-electron chi connectivity index (χ1n) is 8.13. The second-order valence-electron chi connectivity index (χ2n) is 5.90. The van der Waals surface area contributed by atoms with E-state index in [1.54, 1.807) is 30.3 Å². The standard InChI is InChI=1S/C19H16Cl2N2O3/c20-13-6-4-12(5-7-13)8-10-22-16(24)9-11-23-18(25)14-2-1-3-15(21)17(14)19(23)26/h1-7H,8-11H2,(H,22,24). The van der Waals surface area contributed by atoms with E-state index in [0.717, 1.165) is 10.5 Å². The van der Waals surface area contributed by atoms with Crippen molar-refractivity contribution in [2.45, 2.75) is 12.8 Å². The molecule has 0 aliphatic carbocycles. The molecule has 0 unspecified atom stereocenters. The average molecular weight is 391 g/mol. The molecule has 0 atom stereocenters. The third kappa shape index (κ3) is 3.89. The predicted molar refractivity (Wildman–Crippen MR) is 99.6 cm³/mol. The van der Waals surface area contributed by atoms with Gasteiger partial charge in [0.15, 0.2) is 0 Å². The Morgan fingerprint density at radius 1 is 1.00 bits per heavy atom. The second-order valence-corrected chi connectivity index (χ2v) is 6.74. The number of imide groups is 1. The van der Waals surface area contributed by atoms with Crippen molar-refractivity contribution < 1.29 is 14.4 Å². The summed E-state index contributed by atoms with van der Waals surface area (Å²) in [5.74, 6) is -1.09. The number of benzene rings is 2. The van der Waals surface area contributed by atoms with Crippen molar-refractivity contribution in [3.8, 4) is 0 Å². The minimum Gasteiger partial charge on any atom is -0.356 e. The zero-order chi connectivity index (χ0) is 18.7. The maximum Gasteiger partial charge on any atom is 0.263 e. The summed E-state index contributed by atoms with van der Waals surface area (Å²) >= 11 is 11.8. The van der Waals surface area contributed by atoms with Gasteiger partial charge in [-0.05, 0) is 36.2 Å². The number of halogens is 2. The van der Waals surface area contributed by atoms with Gasteiger partial charge >= 0.3 is 0 Å². The molecule has 3 amide bonds. The normalized spacial score (nSPS) is 13.1. The van der Waals surface area contributed by atoms with Gasteiger partial charge in [-0.25, -0.2) is 0 Å². The lowest BCUT2D eigenvalue weighted by Gasteiger charge is -2.13. The Morgan fingerprint density at radius 3 is 2.42 bits per heavy atom. The topological polar surface area (TPSA) is 66.5 Å². The van der Waals surface area contributed by atoms with Crippen molar-refractivity contribution in [2.24, 2.45) is 0 Å². The Kier molecular flexibility index (Phi) is 5.59. The molecule has 1 aliphatic rings. The molecule has 0 fully saturated rings. The van der Waals surface area contributed by atoms with E-state index >= 15 is 0 Å². The summed E-state index contributed by atoms with van der Waals surface area (Å²) in [5.41, 5.74) is 1.55. The Morgan fingerprint density at radius 2 is 1.73 bits per heavy atom. The highest BCUT2D eigenvalue weighted by molar-refractivity contribution is 6.37. The van der Waals surface area contributed by atoms with E-state index in [-0.39, 0.29) is 35.0 Å². The van der Waals surface area contributed by atoms with Gasteiger partial charge in [-0.3, -0.25) is 19.3 Å². The number of fused-ring (bicyclic) bond motifs is 1. The van der Waals surface area contributed by atoms with E-state index in [9.17, 15) is 14.4 Å². The van der Waals surface area contributed by atoms with Crippen LogP contribution in [-0.4, -0.2) is 35.7 Å². The molecule has 0 spiro atoms. The fourth-order valence-corrected chi connectivity index (χ4v) is 3.18. The van der Waals surface area contributed by atoms with Gasteiger partial charge in [0.25, 0.3) is 11.8 Å². The smallest absolute Gasteiger partial charge is 0.263 e. The lowest BCUT2D eigenvalue weighted by Crippen LogP contribution is -2.35. The van der Waals surface area contributed by atoms with Crippen molar-refractivity contribution in [2.75, 3.05) is 13.1 Å². The molecule has 7 heteroatoms. The number of carbonyl (C=O) groups excluding carboxylic acids is 3. The Labute approximate surface area is 160 Å². The molecule has 3 rings (SSSR count). The SMILES string of the molecule is O=C(CCN1C(=O)c2cccc(Cl)c2C1=O)NCCc1ccc(Cl)cc1. The highest BCUT2D eigenvalue weighted by Crippen LogP contribution is 2.29. The van der Waals surface area contributed by atoms with Gasteiger partial charge in [-0.15, -0.1) is 0 Å². The minimum absolute atomic E-state index is 0.0233. The molecular formula is C19H16Cl2N2O3. The summed E-state index contributed by atoms with van der Waals surface area (Å²) in [4.78, 5) is 37.7. The molecule has 0 bridgehead atoms. The second kappa shape index (κ2) is 7.89. The molecule has 0 saturated carbocycles. The van der Waals surface area contributed by atoms with Gasteiger partial charge in [-0.2, -0.15) is 0 Å². The third-order valence-corrected chi connectivity index (χ3v) is 4.73. The van der Waals surface area contributed by atoms with Crippen LogP contribution in [0.4, 0.5) is 0 Å². The largest absolute Gasteiger partial charge is 0.356 e. The van der Waals surface area contributed by atoms with E-state index in [0.29, 0.717) is 18.0 Å². The number of hydrogen-bond donors (Lipinski definition) is 1. The summed E-state index contributed by atoms with van der Waals surface area (Å²) in [6.45, 7) is 0.490. The fraction of sp³-hybridized carbons (Fsp3) is 0.211. The van der Waals surface area contributed by atoms with Gasteiger partial charge in [-0.1, -0.05) is 41.4 Å². The Bertz CT molecular complexity index is 866. The molecule has 0 radical (unpaired) electrons. The predicted octanol–water partition coefficient (Wildman–Crippen LogP) is 3.34. The van der Waals surface area contributed by atoms with Crippen molar-refractivity contribution in [3.05, 3.63) is 69.2 Å². The van der Waals surface area contributed by atoms with Crippen LogP contribution >= 0.6 is 23.2 Å². The monoisotopic (exact) mass is 390 g/mol. The molecule has 1 aliphatic heterocycles. The van der Waals surface area contributed by atoms with E-state index in [1.165, 1.54) is 0 Å². The number of nitrogens with zero attached hydrogens (tertiary/aromatic N) is 1. The maximum absolute atomic E-state index is 12.3. The lowest BCUT2D eigenvalue weighted by atomic mass is 10.1. The number of nitrogens with one attached hydrogen (secondary N) is 1. The molecule has 0 aromatic heterocycles. The summed E-state index contributed by atoms with van der Waals surface area (Å²) in [6.07, 6.45) is 0.717. The molecular weight excluding hydrogens is 375 g/mol. The minimum atomic E-state index is -0.454. The molecule has 1 N–H and O–H groups in total. The Balaban J connectivity index is 1.49. The van der Waals surface area contributed by atoms with Crippen LogP contribution in [0.3, 0.4) is 0 Å². The zero-order valence-corrected chi connectivity index (χ0v) is 15.3. The van der Waals surface area contributed by atoms with Crippen LogP contribution in [0.2, 0.25) is 10.0 Å². The van der Waals surface area contributed by atoms with Gasteiger partial charge in [0.2, 0.25) is 5.91 Å². The van der Waals surface area contributed by atoms with Gasteiger partial charge in [0.1, 0.15) is 0 Å². The van der Waals surface area contributed by atoms with Crippen molar-refractivity contribution in [3.63, 3.8) is 0 Å². The molecule has 134 valence electrons. The van der Waals surface area contributed by atoms with Crippen LogP contribution in [0.5, 0.6) is 0 Å². The number of carbonyl (C=O) groups is 3. The maximum atomic E-state index is 12.3. The van der Waals surface area contributed by atoms with Crippen LogP contribution in [0, 0.1) is 0 Å². The summed E-state index contributed by atoms with van der Waals surface area (Å²) in [7, 11) is 0. The lowest BCUT2D eigenvalue weighted by molar-refractivity contribution is -0.121. The first-order valence-corrected chi connectivity index (χ1v) is 8.89. The number of rotatable bonds is 6. The van der Waals surface area contributed by atoms with E-state index in [1.807, 2.05) is 12.1 Å². The third-order valence-electron chi connectivity index (χ3n) is 4.16. The number of amides is 3. The Hall–Kier alpha value is -2.37. The first kappa shape index (κ1) is 18.4. The fourth-order valence-electron chi connectivity index (χ4n) is 2.79. The van der Waals surface area contributed by atoms with Crippen LogP contribution in [0.15, 0.2) is 42.5 Å². The first-order chi connectivity index (χ1) is 12.5. The van der Waals surface area contributed by atoms with Gasteiger partial charge in [0, 0.05) is 24.5 Å². The van der Waals surface area contributed by atoms with Crippen LogP contribution < -0.4 is 5.32 Å². The van der Waals surface area contributed by atoms with Crippen LogP contribution in [-0.2, 0) is 11.2 Å². The summed E-state index contributed by atoms with van der Waals surface area (Å²) in [5, 5.41) is 3.70.